The van der Waals surface area contributed by atoms with Crippen molar-refractivity contribution in [3.05, 3.63) is 0 Å². The van der Waals surface area contributed by atoms with Gasteiger partial charge in [0.25, 0.3) is 0 Å². The van der Waals surface area contributed by atoms with Gasteiger partial charge in [-0.1, -0.05) is 0 Å². The average Bonchev–Trinajstić information content (AvgIpc) is 2.58. The number of carboxylic acid groups (broad SMARTS) is 1. The van der Waals surface area contributed by atoms with Crippen LogP contribution >= 0.6 is 0 Å². The van der Waals surface area contributed by atoms with Crippen LogP contribution in [-0.4, -0.2) is 46.9 Å². The lowest BCUT2D eigenvalue weighted by molar-refractivity contribution is -0.157. The summed E-state index contributed by atoms with van der Waals surface area (Å²) in [6.07, 6.45) is -0.582. The molecule has 0 saturated carbocycles. The number of ether oxygens (including phenoxy) is 1. The van der Waals surface area contributed by atoms with E-state index in [1.165, 1.54) is 0 Å². The number of rotatable bonds is 3. The number of carbonyl (C=O) groups excluding carboxylic acids is 3. The van der Waals surface area contributed by atoms with E-state index in [4.69, 9.17) is 5.11 Å². The van der Waals surface area contributed by atoms with E-state index in [-0.39, 0.29) is 12.8 Å². The molecule has 16 heavy (non-hydrogen) atoms. The van der Waals surface area contributed by atoms with Crippen LogP contribution in [0.15, 0.2) is 0 Å². The number of aliphatic carboxylic acids is 1. The van der Waals surface area contributed by atoms with E-state index >= 15 is 0 Å². The Balaban J connectivity index is 2.81. The number of imide groups is 1. The van der Waals surface area contributed by atoms with Gasteiger partial charge in [0.15, 0.2) is 0 Å². The van der Waals surface area contributed by atoms with Crippen LogP contribution in [0.4, 0.5) is 0 Å². The number of carboxylic acids is 1. The first-order valence-corrected chi connectivity index (χ1v) is 4.62. The third-order valence-electron chi connectivity index (χ3n) is 2.26. The minimum absolute atomic E-state index is 0.0468. The van der Waals surface area contributed by atoms with Gasteiger partial charge in [0.1, 0.15) is 12.5 Å². The van der Waals surface area contributed by atoms with Gasteiger partial charge in [-0.3, -0.25) is 19.3 Å². The minimum Gasteiger partial charge on any atom is -0.481 e. The number of hydrogen-bond acceptors (Lipinski definition) is 5. The lowest BCUT2D eigenvalue weighted by Crippen LogP contribution is -2.44. The number of carbonyl (C=O) groups is 4. The van der Waals surface area contributed by atoms with E-state index in [2.05, 4.69) is 4.74 Å². The highest BCUT2D eigenvalue weighted by Crippen LogP contribution is 2.20. The van der Waals surface area contributed by atoms with E-state index in [1.54, 1.807) is 0 Å². The van der Waals surface area contributed by atoms with Crippen molar-refractivity contribution in [3.63, 3.8) is 0 Å². The Hall–Kier alpha value is -1.92. The van der Waals surface area contributed by atoms with Crippen molar-refractivity contribution in [2.24, 2.45) is 0 Å². The summed E-state index contributed by atoms with van der Waals surface area (Å²) in [5, 5.41) is 8.44. The largest absolute Gasteiger partial charge is 0.481 e. The van der Waals surface area contributed by atoms with Crippen LogP contribution in [0.5, 0.6) is 0 Å². The summed E-state index contributed by atoms with van der Waals surface area (Å²) in [7, 11) is 1.14. The fourth-order valence-electron chi connectivity index (χ4n) is 1.57. The number of likely N-dealkylation sites (tertiary alicyclic amines) is 1. The highest BCUT2D eigenvalue weighted by molar-refractivity contribution is 6.06. The molecule has 0 aromatic rings. The van der Waals surface area contributed by atoms with E-state index in [0.29, 0.717) is 4.90 Å². The van der Waals surface area contributed by atoms with Crippen LogP contribution in [0.1, 0.15) is 19.3 Å². The monoisotopic (exact) mass is 229 g/mol. The molecule has 1 atom stereocenters. The molecule has 1 saturated heterocycles. The molecular weight excluding hydrogens is 218 g/mol. The van der Waals surface area contributed by atoms with Crippen LogP contribution in [0.2, 0.25) is 0 Å². The Morgan fingerprint density at radius 1 is 1.50 bits per heavy atom. The molecule has 7 nitrogen and oxygen atoms in total. The quantitative estimate of drug-likeness (QED) is 0.499. The zero-order valence-electron chi connectivity index (χ0n) is 8.63. The zero-order valence-corrected chi connectivity index (χ0v) is 8.63. The topological polar surface area (TPSA) is 101 Å². The van der Waals surface area contributed by atoms with Crippen LogP contribution < -0.4 is 0 Å². The third kappa shape index (κ3) is 2.36. The molecule has 2 amide bonds. The molecular formula is C9H11NO6. The zero-order chi connectivity index (χ0) is 12.3. The lowest BCUT2D eigenvalue weighted by atomic mass is 10.2. The van der Waals surface area contributed by atoms with Crippen LogP contribution in [0.25, 0.3) is 0 Å². The van der Waals surface area contributed by atoms with Gasteiger partial charge in [-0.05, 0) is 6.42 Å². The fraction of sp³-hybridized carbons (Fsp3) is 0.556. The van der Waals surface area contributed by atoms with E-state index in [0.717, 1.165) is 7.11 Å². The molecule has 88 valence electrons. The lowest BCUT2D eigenvalue weighted by Gasteiger charge is -2.19. The number of nitrogens with zero attached hydrogens (tertiary/aromatic N) is 1. The van der Waals surface area contributed by atoms with Crippen molar-refractivity contribution in [3.8, 4) is 0 Å². The van der Waals surface area contributed by atoms with E-state index < -0.39 is 36.2 Å². The Labute approximate surface area is 91.0 Å². The van der Waals surface area contributed by atoms with Crippen molar-refractivity contribution in [1.29, 1.82) is 0 Å². The molecule has 7 heteroatoms. The predicted octanol–water partition coefficient (Wildman–Crippen LogP) is -0.848. The molecule has 0 aliphatic carbocycles. The third-order valence-corrected chi connectivity index (χ3v) is 2.26. The molecule has 1 aliphatic heterocycles. The first-order valence-electron chi connectivity index (χ1n) is 4.62. The normalized spacial score (nSPS) is 19.7. The maximum absolute atomic E-state index is 11.4. The molecule has 1 rings (SSSR count). The summed E-state index contributed by atoms with van der Waals surface area (Å²) in [5.41, 5.74) is 0. The smallest absolute Gasteiger partial charge is 0.329 e. The summed E-state index contributed by atoms with van der Waals surface area (Å²) >= 11 is 0. The van der Waals surface area contributed by atoms with Crippen molar-refractivity contribution in [2.75, 3.05) is 7.11 Å². The van der Waals surface area contributed by atoms with Gasteiger partial charge in [-0.2, -0.15) is 0 Å². The Kier molecular flexibility index (Phi) is 3.60. The minimum atomic E-state index is -1.34. The fourth-order valence-corrected chi connectivity index (χ4v) is 1.57. The van der Waals surface area contributed by atoms with Crippen LogP contribution in [-0.2, 0) is 23.9 Å². The van der Waals surface area contributed by atoms with Crippen LogP contribution in [0, 0.1) is 0 Å². The molecule has 1 N–H and O–H groups in total. The van der Waals surface area contributed by atoms with Gasteiger partial charge in [0.2, 0.25) is 11.8 Å². The number of methoxy groups -OCH3 is 1. The maximum Gasteiger partial charge on any atom is 0.329 e. The first-order chi connectivity index (χ1) is 7.47. The summed E-state index contributed by atoms with van der Waals surface area (Å²) in [6.45, 7) is 0. The van der Waals surface area contributed by atoms with E-state index in [1.807, 2.05) is 0 Å². The van der Waals surface area contributed by atoms with Crippen LogP contribution in [0.3, 0.4) is 0 Å². The maximum atomic E-state index is 11.4. The van der Waals surface area contributed by atoms with E-state index in [9.17, 15) is 19.2 Å². The van der Waals surface area contributed by atoms with Gasteiger partial charge in [0, 0.05) is 6.42 Å². The van der Waals surface area contributed by atoms with Gasteiger partial charge >= 0.3 is 11.9 Å². The predicted molar refractivity (Wildman–Crippen MR) is 49.1 cm³/mol. The second-order valence-electron chi connectivity index (χ2n) is 3.31. The Morgan fingerprint density at radius 2 is 2.12 bits per heavy atom. The van der Waals surface area contributed by atoms with Crippen molar-refractivity contribution in [2.45, 2.75) is 25.3 Å². The molecule has 0 bridgehead atoms. The Bertz CT molecular complexity index is 350. The average molecular weight is 229 g/mol. The molecule has 0 aromatic carbocycles. The Morgan fingerprint density at radius 3 is 2.62 bits per heavy atom. The molecule has 1 aliphatic rings. The molecule has 0 radical (unpaired) electrons. The highest BCUT2D eigenvalue weighted by Gasteiger charge is 2.41. The van der Waals surface area contributed by atoms with Gasteiger partial charge in [-0.25, -0.2) is 4.79 Å². The van der Waals surface area contributed by atoms with Gasteiger partial charge < -0.3 is 9.84 Å². The summed E-state index contributed by atoms with van der Waals surface area (Å²) in [6, 6.07) is -0.982. The van der Waals surface area contributed by atoms with Crippen molar-refractivity contribution < 1.29 is 29.0 Å². The molecule has 0 aromatic heterocycles. The second kappa shape index (κ2) is 4.73. The second-order valence-corrected chi connectivity index (χ2v) is 3.31. The van der Waals surface area contributed by atoms with Crippen molar-refractivity contribution in [1.82, 2.24) is 4.90 Å². The molecule has 1 heterocycles. The van der Waals surface area contributed by atoms with Gasteiger partial charge in [0.05, 0.1) is 7.11 Å². The highest BCUT2D eigenvalue weighted by atomic mass is 16.5. The van der Waals surface area contributed by atoms with Crippen molar-refractivity contribution >= 4 is 23.8 Å². The van der Waals surface area contributed by atoms with Gasteiger partial charge in [-0.15, -0.1) is 0 Å². The summed E-state index contributed by atoms with van der Waals surface area (Å²) in [5.74, 6) is -3.47. The number of esters is 1. The SMILES string of the molecule is COC(=O)C1CCC(=O)N1C(=O)CC(=O)O. The molecule has 0 spiro atoms. The number of hydrogen-bond donors (Lipinski definition) is 1. The number of amides is 2. The molecule has 1 fully saturated rings. The summed E-state index contributed by atoms with van der Waals surface area (Å²) in [4.78, 5) is 45.0. The molecule has 1 unspecified atom stereocenters. The summed E-state index contributed by atoms with van der Waals surface area (Å²) < 4.78 is 4.44. The first kappa shape index (κ1) is 12.2. The standard InChI is InChI=1S/C9H11NO6/c1-16-9(15)5-2-3-6(11)10(5)7(12)4-8(13)14/h5H,2-4H2,1H3,(H,13,14).